The summed E-state index contributed by atoms with van der Waals surface area (Å²) in [4.78, 5) is 40.4. The monoisotopic (exact) mass is 889 g/mol. The molecule has 0 aliphatic rings. The van der Waals surface area contributed by atoms with Crippen LogP contribution in [0.3, 0.4) is 0 Å². The molecule has 12 rings (SSSR count). The highest BCUT2D eigenvalue weighted by atomic mass is 19.4. The number of hydrogen-bond acceptors (Lipinski definition) is 8. The van der Waals surface area contributed by atoms with Crippen molar-refractivity contribution in [2.45, 2.75) is 6.18 Å². The Bertz CT molecular complexity index is 3770. The van der Waals surface area contributed by atoms with E-state index < -0.39 is 11.7 Å². The van der Waals surface area contributed by atoms with Gasteiger partial charge in [-0.15, -0.1) is 0 Å². The molecule has 0 saturated carbocycles. The third kappa shape index (κ3) is 6.60. The van der Waals surface area contributed by atoms with Crippen LogP contribution in [0.25, 0.3) is 117 Å². The fraction of sp³-hybridized carbons (Fsp3) is 0.0185. The van der Waals surface area contributed by atoms with E-state index in [4.69, 9.17) is 6.57 Å². The van der Waals surface area contributed by atoms with Gasteiger partial charge in [-0.3, -0.25) is 0 Å². The number of aromatic nitrogens is 10. The lowest BCUT2D eigenvalue weighted by atomic mass is 9.95. The Morgan fingerprint density at radius 3 is 1.13 bits per heavy atom. The first kappa shape index (κ1) is 40.1. The molecule has 0 N–H and O–H groups in total. The zero-order valence-corrected chi connectivity index (χ0v) is 35.4. The van der Waals surface area contributed by atoms with Gasteiger partial charge in [-0.25, -0.2) is 44.7 Å². The van der Waals surface area contributed by atoms with Gasteiger partial charge in [-0.2, -0.15) is 13.2 Å². The van der Waals surface area contributed by atoms with E-state index in [0.29, 0.717) is 40.0 Å². The minimum absolute atomic E-state index is 0.0766. The first-order chi connectivity index (χ1) is 33.3. The second-order valence-electron chi connectivity index (χ2n) is 15.9. The summed E-state index contributed by atoms with van der Waals surface area (Å²) in [7, 11) is 0. The van der Waals surface area contributed by atoms with E-state index in [1.807, 2.05) is 81.9 Å². The third-order valence-corrected chi connectivity index (χ3v) is 12.1. The minimum Gasteiger partial charge on any atom is -0.319 e. The minimum atomic E-state index is -4.71. The van der Waals surface area contributed by atoms with Crippen molar-refractivity contribution in [3.8, 4) is 68.1 Å². The fourth-order valence-electron chi connectivity index (χ4n) is 9.16. The summed E-state index contributed by atoms with van der Waals surface area (Å²) in [6.07, 6.45) is 8.69. The van der Waals surface area contributed by atoms with E-state index >= 15 is 13.2 Å². The van der Waals surface area contributed by atoms with Crippen molar-refractivity contribution in [2.24, 2.45) is 0 Å². The molecule has 0 bridgehead atoms. The lowest BCUT2D eigenvalue weighted by Gasteiger charge is -2.22. The SMILES string of the molecule is [C-]#[N+]c1c(-n2c3ccc(-c4ncccn4)cc3c3cc(-c4ncccn4)ccc32)ccc(-c2ccccc2C(F)(F)F)c1-n1c2ccc(-c3ncccn3)cc2c2cc(-c3ncccn3)ccc21. The number of fused-ring (bicyclic) bond motifs is 6. The lowest BCUT2D eigenvalue weighted by molar-refractivity contribution is -0.137. The predicted octanol–water partition coefficient (Wildman–Crippen LogP) is 12.9. The predicted molar refractivity (Wildman–Crippen MR) is 256 cm³/mol. The van der Waals surface area contributed by atoms with E-state index in [1.165, 1.54) is 12.1 Å². The maximum absolute atomic E-state index is 15.2. The number of alkyl halides is 3. The lowest BCUT2D eigenvalue weighted by Crippen LogP contribution is -2.09. The van der Waals surface area contributed by atoms with Gasteiger partial charge in [-0.05, 0) is 120 Å². The first-order valence-electron chi connectivity index (χ1n) is 21.3. The van der Waals surface area contributed by atoms with E-state index in [9.17, 15) is 0 Å². The first-order valence-corrected chi connectivity index (χ1v) is 21.3. The molecule has 0 aliphatic carbocycles. The summed E-state index contributed by atoms with van der Waals surface area (Å²) in [5, 5.41) is 3.16. The largest absolute Gasteiger partial charge is 0.417 e. The van der Waals surface area contributed by atoms with Crippen LogP contribution in [0.1, 0.15) is 5.56 Å². The van der Waals surface area contributed by atoms with Gasteiger partial charge in [0.2, 0.25) is 5.69 Å². The van der Waals surface area contributed by atoms with Crippen molar-refractivity contribution in [1.82, 2.24) is 49.0 Å². The summed E-state index contributed by atoms with van der Waals surface area (Å²) in [6.45, 7) is 9.09. The maximum Gasteiger partial charge on any atom is 0.417 e. The molecule has 0 radical (unpaired) electrons. The summed E-state index contributed by atoms with van der Waals surface area (Å²) in [5.41, 5.74) is 5.91. The highest BCUT2D eigenvalue weighted by Gasteiger charge is 2.35. The van der Waals surface area contributed by atoms with Gasteiger partial charge in [0.25, 0.3) is 0 Å². The number of nitrogens with zero attached hydrogens (tertiary/aromatic N) is 11. The maximum atomic E-state index is 15.2. The number of halogens is 3. The van der Waals surface area contributed by atoms with Crippen molar-refractivity contribution >= 4 is 49.3 Å². The molecule has 322 valence electrons. The van der Waals surface area contributed by atoms with Gasteiger partial charge in [0.15, 0.2) is 23.3 Å². The molecule has 6 aromatic carbocycles. The molecule has 0 atom stereocenters. The van der Waals surface area contributed by atoms with Crippen LogP contribution in [0.2, 0.25) is 0 Å². The molecular formula is C54H30F3N11. The Kier molecular flexibility index (Phi) is 9.36. The zero-order valence-electron chi connectivity index (χ0n) is 35.4. The van der Waals surface area contributed by atoms with Gasteiger partial charge in [0, 0.05) is 93.4 Å². The fourth-order valence-corrected chi connectivity index (χ4v) is 9.16. The molecule has 0 saturated heterocycles. The number of rotatable bonds is 7. The molecule has 68 heavy (non-hydrogen) atoms. The molecule has 0 spiro atoms. The Morgan fingerprint density at radius 2 is 0.765 bits per heavy atom. The van der Waals surface area contributed by atoms with Crippen LogP contribution in [0, 0.1) is 6.57 Å². The van der Waals surface area contributed by atoms with Crippen LogP contribution in [-0.4, -0.2) is 49.0 Å². The second kappa shape index (κ2) is 15.9. The molecular weight excluding hydrogens is 860 g/mol. The highest BCUT2D eigenvalue weighted by molar-refractivity contribution is 6.14. The Hall–Kier alpha value is -9.48. The van der Waals surface area contributed by atoms with Crippen molar-refractivity contribution in [3.05, 3.63) is 200 Å². The smallest absolute Gasteiger partial charge is 0.319 e. The quantitative estimate of drug-likeness (QED) is 0.145. The van der Waals surface area contributed by atoms with Gasteiger partial charge in [0.05, 0.1) is 45.6 Å². The molecule has 12 aromatic rings. The molecule has 6 aromatic heterocycles. The Balaban J connectivity index is 1.20. The van der Waals surface area contributed by atoms with Crippen LogP contribution in [-0.2, 0) is 6.18 Å². The van der Waals surface area contributed by atoms with Crippen LogP contribution in [0.5, 0.6) is 0 Å². The molecule has 0 fully saturated rings. The molecule has 0 aliphatic heterocycles. The molecule has 6 heterocycles. The van der Waals surface area contributed by atoms with Gasteiger partial charge < -0.3 is 9.13 Å². The average Bonchev–Trinajstić information content (AvgIpc) is 3.90. The Morgan fingerprint density at radius 1 is 0.397 bits per heavy atom. The number of benzene rings is 6. The standard InChI is InChI=1S/C54H30F3N11/c1-58-48-47(67-43-15-10-32(50-59-20-4-21-60-50)28-38(43)39-29-33(11-16-44(39)67)51-61-22-5-23-62-51)19-14-37(36-8-2-3-9-42(36)54(55,56)57)49(48)68-45-17-12-34(52-63-24-6-25-64-52)30-40(45)41-31-35(13-18-46(41)68)53-65-26-7-27-66-53/h2-31H. The van der Waals surface area contributed by atoms with Crippen LogP contribution >= 0.6 is 0 Å². The van der Waals surface area contributed by atoms with Gasteiger partial charge in [0.1, 0.15) is 0 Å². The van der Waals surface area contributed by atoms with Crippen LogP contribution in [0.15, 0.2) is 183 Å². The summed E-state index contributed by atoms with van der Waals surface area (Å²) >= 11 is 0. The third-order valence-electron chi connectivity index (χ3n) is 12.1. The highest BCUT2D eigenvalue weighted by Crippen LogP contribution is 2.49. The topological polar surface area (TPSA) is 117 Å². The summed E-state index contributed by atoms with van der Waals surface area (Å²) in [6, 6.07) is 39.2. The van der Waals surface area contributed by atoms with E-state index in [1.54, 1.807) is 92.0 Å². The normalized spacial score (nSPS) is 11.7. The molecule has 14 heteroatoms. The van der Waals surface area contributed by atoms with Gasteiger partial charge in [-0.1, -0.05) is 24.3 Å². The Labute approximate surface area is 384 Å². The van der Waals surface area contributed by atoms with E-state index in [-0.39, 0.29) is 22.5 Å². The van der Waals surface area contributed by atoms with Crippen LogP contribution in [0.4, 0.5) is 18.9 Å². The zero-order chi connectivity index (χ0) is 45.9. The van der Waals surface area contributed by atoms with Crippen molar-refractivity contribution < 1.29 is 13.2 Å². The number of hydrogen-bond donors (Lipinski definition) is 0. The van der Waals surface area contributed by atoms with Crippen molar-refractivity contribution in [2.75, 3.05) is 0 Å². The van der Waals surface area contributed by atoms with E-state index in [2.05, 4.69) is 44.7 Å². The van der Waals surface area contributed by atoms with Crippen molar-refractivity contribution in [1.29, 1.82) is 0 Å². The van der Waals surface area contributed by atoms with Crippen molar-refractivity contribution in [3.63, 3.8) is 0 Å². The second-order valence-corrected chi connectivity index (χ2v) is 15.9. The molecule has 0 amide bonds. The summed E-state index contributed by atoms with van der Waals surface area (Å²) < 4.78 is 49.4. The molecule has 11 nitrogen and oxygen atoms in total. The van der Waals surface area contributed by atoms with Gasteiger partial charge >= 0.3 is 6.18 Å². The van der Waals surface area contributed by atoms with Crippen LogP contribution < -0.4 is 0 Å². The van der Waals surface area contributed by atoms with E-state index in [0.717, 1.165) is 60.9 Å². The molecule has 0 unspecified atom stereocenters. The summed E-state index contributed by atoms with van der Waals surface area (Å²) in [5.74, 6) is 2.06. The average molecular weight is 890 g/mol.